The van der Waals surface area contributed by atoms with E-state index in [1.807, 2.05) is 26.0 Å². The van der Waals surface area contributed by atoms with Crippen molar-refractivity contribution >= 4 is 45.1 Å². The quantitative estimate of drug-likeness (QED) is 0.587. The lowest BCUT2D eigenvalue weighted by molar-refractivity contribution is -0.146. The van der Waals surface area contributed by atoms with E-state index in [9.17, 15) is 14.4 Å². The minimum Gasteiger partial charge on any atom is -0.464 e. The van der Waals surface area contributed by atoms with Gasteiger partial charge < -0.3 is 20.2 Å². The molecule has 3 N–H and O–H groups in total. The molecule has 0 unspecified atom stereocenters. The number of nitrogens with two attached hydrogens (primary N) is 1. The third kappa shape index (κ3) is 3.82. The van der Waals surface area contributed by atoms with E-state index in [1.54, 1.807) is 0 Å². The molecule has 0 bridgehead atoms. The number of esters is 1. The molecule has 30 heavy (non-hydrogen) atoms. The number of aryl methyl sites for hydroxylation is 3. The molecular weight excluding hydrogens is 404 g/mol. The fraction of sp³-hybridized carbons (Fsp3) is 0.318. The van der Waals surface area contributed by atoms with Crippen LogP contribution in [0.25, 0.3) is 11.0 Å². The van der Waals surface area contributed by atoms with Crippen molar-refractivity contribution in [3.8, 4) is 0 Å². The lowest BCUT2D eigenvalue weighted by Gasteiger charge is -2.07. The zero-order valence-electron chi connectivity index (χ0n) is 16.8. The molecule has 4 rings (SSSR count). The molecule has 156 valence electrons. The van der Waals surface area contributed by atoms with Gasteiger partial charge in [0.1, 0.15) is 10.6 Å². The summed E-state index contributed by atoms with van der Waals surface area (Å²) in [7, 11) is 0. The van der Waals surface area contributed by atoms with Gasteiger partial charge in [-0.25, -0.2) is 0 Å². The van der Waals surface area contributed by atoms with E-state index in [4.69, 9.17) is 14.9 Å². The Bertz CT molecular complexity index is 1170. The molecular formula is C22H22N2O5S. The predicted octanol–water partition coefficient (Wildman–Crippen LogP) is 3.42. The first-order chi connectivity index (χ1) is 14.3. The number of carbonyl (C=O) groups is 3. The van der Waals surface area contributed by atoms with E-state index in [-0.39, 0.29) is 6.42 Å². The Morgan fingerprint density at radius 3 is 2.73 bits per heavy atom. The van der Waals surface area contributed by atoms with Gasteiger partial charge in [-0.15, -0.1) is 11.3 Å². The Labute approximate surface area is 177 Å². The standard InChI is InChI=1S/C22H22N2O5S/c1-11-6-15-13(9-28-16(15)7-12(11)2)8-19(26)29-10-18(25)24-22-20(21(23)27)14-4-3-5-17(14)30-22/h6-7,9H,3-5,8,10H2,1-2H3,(H2,23,27)(H,24,25). The predicted molar refractivity (Wildman–Crippen MR) is 114 cm³/mol. The monoisotopic (exact) mass is 426 g/mol. The number of rotatable bonds is 6. The molecule has 0 saturated carbocycles. The molecule has 3 aromatic rings. The lowest BCUT2D eigenvalue weighted by Crippen LogP contribution is -2.23. The van der Waals surface area contributed by atoms with E-state index in [2.05, 4.69) is 5.32 Å². The Morgan fingerprint density at radius 1 is 1.20 bits per heavy atom. The number of primary amides is 1. The summed E-state index contributed by atoms with van der Waals surface area (Å²) >= 11 is 1.36. The maximum Gasteiger partial charge on any atom is 0.310 e. The molecule has 1 aromatic carbocycles. The van der Waals surface area contributed by atoms with Crippen LogP contribution < -0.4 is 11.1 Å². The normalized spacial score (nSPS) is 12.7. The maximum atomic E-state index is 12.3. The fourth-order valence-corrected chi connectivity index (χ4v) is 5.05. The first kappa shape index (κ1) is 20.2. The van der Waals surface area contributed by atoms with Crippen LogP contribution in [0.15, 0.2) is 22.8 Å². The van der Waals surface area contributed by atoms with Crippen molar-refractivity contribution in [1.82, 2.24) is 0 Å². The number of anilines is 1. The topological polar surface area (TPSA) is 112 Å². The van der Waals surface area contributed by atoms with Crippen molar-refractivity contribution in [2.24, 2.45) is 5.73 Å². The summed E-state index contributed by atoms with van der Waals surface area (Å²) in [5.41, 5.74) is 10.4. The van der Waals surface area contributed by atoms with E-state index >= 15 is 0 Å². The second kappa shape index (κ2) is 7.95. The molecule has 7 nitrogen and oxygen atoms in total. The molecule has 0 saturated heterocycles. The van der Waals surface area contributed by atoms with Crippen LogP contribution in [0.5, 0.6) is 0 Å². The van der Waals surface area contributed by atoms with Crippen molar-refractivity contribution in [3.63, 3.8) is 0 Å². The molecule has 0 fully saturated rings. The van der Waals surface area contributed by atoms with Gasteiger partial charge in [-0.05, 0) is 61.9 Å². The smallest absolute Gasteiger partial charge is 0.310 e. The summed E-state index contributed by atoms with van der Waals surface area (Å²) in [5.74, 6) is -1.59. The van der Waals surface area contributed by atoms with Crippen molar-refractivity contribution in [1.29, 1.82) is 0 Å². The summed E-state index contributed by atoms with van der Waals surface area (Å²) in [6.07, 6.45) is 4.18. The van der Waals surface area contributed by atoms with Crippen LogP contribution in [-0.4, -0.2) is 24.4 Å². The highest BCUT2D eigenvalue weighted by Gasteiger charge is 2.26. The number of thiophene rings is 1. The van der Waals surface area contributed by atoms with Crippen molar-refractivity contribution in [2.75, 3.05) is 11.9 Å². The van der Waals surface area contributed by atoms with Gasteiger partial charge in [-0.2, -0.15) is 0 Å². The van der Waals surface area contributed by atoms with E-state index in [1.165, 1.54) is 17.6 Å². The number of amides is 2. The van der Waals surface area contributed by atoms with Crippen molar-refractivity contribution in [2.45, 2.75) is 39.5 Å². The highest BCUT2D eigenvalue weighted by atomic mass is 32.1. The summed E-state index contributed by atoms with van der Waals surface area (Å²) in [6, 6.07) is 3.91. The first-order valence-corrected chi connectivity index (χ1v) is 10.5. The molecule has 0 aliphatic heterocycles. The van der Waals surface area contributed by atoms with Crippen LogP contribution in [-0.2, 0) is 33.6 Å². The highest BCUT2D eigenvalue weighted by Crippen LogP contribution is 2.38. The number of carbonyl (C=O) groups excluding carboxylic acids is 3. The van der Waals surface area contributed by atoms with E-state index < -0.39 is 24.4 Å². The Hall–Kier alpha value is -3.13. The molecule has 0 atom stereocenters. The molecule has 1 aliphatic carbocycles. The van der Waals surface area contributed by atoms with Crippen LogP contribution in [0.1, 0.15) is 43.9 Å². The minimum atomic E-state index is -0.556. The average Bonchev–Trinajstić information content (AvgIpc) is 3.36. The second-order valence-corrected chi connectivity index (χ2v) is 8.61. The van der Waals surface area contributed by atoms with Gasteiger partial charge in [0.05, 0.1) is 18.2 Å². The van der Waals surface area contributed by atoms with Gasteiger partial charge in [0.25, 0.3) is 11.8 Å². The summed E-state index contributed by atoms with van der Waals surface area (Å²) < 4.78 is 10.7. The third-order valence-electron chi connectivity index (χ3n) is 5.39. The largest absolute Gasteiger partial charge is 0.464 e. The molecule has 2 heterocycles. The van der Waals surface area contributed by atoms with E-state index in [0.717, 1.165) is 46.2 Å². The first-order valence-electron chi connectivity index (χ1n) is 9.70. The number of nitrogens with one attached hydrogen (secondary N) is 1. The molecule has 0 spiro atoms. The van der Waals surface area contributed by atoms with Crippen molar-refractivity contribution in [3.05, 3.63) is 51.1 Å². The zero-order valence-corrected chi connectivity index (χ0v) is 17.6. The molecule has 0 radical (unpaired) electrons. The summed E-state index contributed by atoms with van der Waals surface area (Å²) in [6.45, 7) is 3.55. The molecule has 1 aliphatic rings. The molecule has 2 amide bonds. The molecule has 2 aromatic heterocycles. The Kier molecular flexibility index (Phi) is 5.34. The Morgan fingerprint density at radius 2 is 1.97 bits per heavy atom. The maximum absolute atomic E-state index is 12.3. The lowest BCUT2D eigenvalue weighted by atomic mass is 10.0. The van der Waals surface area contributed by atoms with E-state index in [0.29, 0.717) is 21.7 Å². The van der Waals surface area contributed by atoms with Gasteiger partial charge in [-0.1, -0.05) is 0 Å². The number of benzene rings is 1. The molecule has 8 heteroatoms. The number of hydrogen-bond donors (Lipinski definition) is 2. The van der Waals surface area contributed by atoms with Crippen LogP contribution >= 0.6 is 11.3 Å². The minimum absolute atomic E-state index is 0.00259. The van der Waals surface area contributed by atoms with Gasteiger partial charge in [0.15, 0.2) is 6.61 Å². The number of fused-ring (bicyclic) bond motifs is 2. The highest BCUT2D eigenvalue weighted by molar-refractivity contribution is 7.17. The summed E-state index contributed by atoms with van der Waals surface area (Å²) in [5, 5.41) is 3.95. The van der Waals surface area contributed by atoms with Crippen LogP contribution in [0.2, 0.25) is 0 Å². The fourth-order valence-electron chi connectivity index (χ4n) is 3.74. The SMILES string of the molecule is Cc1cc2occ(CC(=O)OCC(=O)Nc3sc4c(c3C(N)=O)CCC4)c2cc1C. The van der Waals surface area contributed by atoms with Gasteiger partial charge >= 0.3 is 5.97 Å². The van der Waals surface area contributed by atoms with Gasteiger partial charge in [0, 0.05) is 15.8 Å². The second-order valence-electron chi connectivity index (χ2n) is 7.50. The number of hydrogen-bond acceptors (Lipinski definition) is 6. The Balaban J connectivity index is 1.38. The summed E-state index contributed by atoms with van der Waals surface area (Å²) in [4.78, 5) is 37.4. The third-order valence-corrected chi connectivity index (χ3v) is 6.60. The number of ether oxygens (including phenoxy) is 1. The van der Waals surface area contributed by atoms with Crippen molar-refractivity contribution < 1.29 is 23.5 Å². The van der Waals surface area contributed by atoms with Gasteiger partial charge in [-0.3, -0.25) is 14.4 Å². The van der Waals surface area contributed by atoms with Crippen LogP contribution in [0.3, 0.4) is 0 Å². The zero-order chi connectivity index (χ0) is 21.4. The van der Waals surface area contributed by atoms with Crippen LogP contribution in [0.4, 0.5) is 5.00 Å². The van der Waals surface area contributed by atoms with Crippen LogP contribution in [0, 0.1) is 13.8 Å². The van der Waals surface area contributed by atoms with Gasteiger partial charge in [0.2, 0.25) is 0 Å². The number of furan rings is 1. The average molecular weight is 426 g/mol.